The molecule has 3 heteroatoms. The van der Waals surface area contributed by atoms with E-state index in [0.29, 0.717) is 0 Å². The first-order valence-corrected chi connectivity index (χ1v) is 15.6. The molecule has 0 saturated carbocycles. The molecule has 0 N–H and O–H groups in total. The van der Waals surface area contributed by atoms with Gasteiger partial charge in [-0.05, 0) is 70.2 Å². The quantitative estimate of drug-likeness (QED) is 0.231. The van der Waals surface area contributed by atoms with Crippen molar-refractivity contribution < 1.29 is 0 Å². The van der Waals surface area contributed by atoms with Gasteiger partial charge in [0.1, 0.15) is 0 Å². The van der Waals surface area contributed by atoms with Crippen LogP contribution < -0.4 is 21.2 Å². The van der Waals surface area contributed by atoms with Crippen molar-refractivity contribution in [3.05, 3.63) is 121 Å². The zero-order valence-electron chi connectivity index (χ0n) is 21.2. The molecular weight excluding hydrogens is 460 g/mol. The van der Waals surface area contributed by atoms with E-state index in [1.807, 2.05) is 0 Å². The summed E-state index contributed by atoms with van der Waals surface area (Å²) in [6.07, 6.45) is 2.35. The van der Waals surface area contributed by atoms with Gasteiger partial charge in [0.05, 0.1) is 0 Å². The van der Waals surface area contributed by atoms with Crippen LogP contribution in [0, 0.1) is 0 Å². The molecule has 1 nitrogen and oxygen atoms in total. The average Bonchev–Trinajstić information content (AvgIpc) is 2.89. The fourth-order valence-corrected chi connectivity index (χ4v) is 9.11. The fourth-order valence-electron chi connectivity index (χ4n) is 4.47. The second-order valence-corrected chi connectivity index (χ2v) is 14.5. The maximum atomic E-state index is 2.72. The lowest BCUT2D eigenvalue weighted by atomic mass is 10.1. The smallest absolute Gasteiger partial charge is 0.0125 e. The predicted molar refractivity (Wildman–Crippen MR) is 159 cm³/mol. The van der Waals surface area contributed by atoms with Crippen LogP contribution in [0.5, 0.6) is 0 Å². The molecule has 0 aliphatic carbocycles. The van der Waals surface area contributed by atoms with Crippen LogP contribution in [0.25, 0.3) is 0 Å². The van der Waals surface area contributed by atoms with E-state index in [2.05, 4.69) is 147 Å². The van der Waals surface area contributed by atoms with Crippen molar-refractivity contribution in [2.45, 2.75) is 26.3 Å². The van der Waals surface area contributed by atoms with Crippen LogP contribution in [0.4, 0.5) is 0 Å². The third-order valence-electron chi connectivity index (χ3n) is 6.41. The van der Waals surface area contributed by atoms with Crippen LogP contribution in [-0.2, 0) is 0 Å². The normalized spacial score (nSPS) is 11.9. The second kappa shape index (κ2) is 12.6. The van der Waals surface area contributed by atoms with Crippen molar-refractivity contribution in [2.75, 3.05) is 25.4 Å². The van der Waals surface area contributed by atoms with E-state index in [9.17, 15) is 0 Å². The zero-order chi connectivity index (χ0) is 24.5. The Bertz CT molecular complexity index is 960. The molecule has 180 valence electrons. The van der Waals surface area contributed by atoms with Crippen molar-refractivity contribution in [3.8, 4) is 0 Å². The molecule has 4 aromatic rings. The molecule has 0 saturated heterocycles. The Balaban J connectivity index is 1.53. The topological polar surface area (TPSA) is 3.24 Å². The van der Waals surface area contributed by atoms with Crippen LogP contribution >= 0.6 is 15.8 Å². The van der Waals surface area contributed by atoms with E-state index in [0.717, 1.165) is 13.1 Å². The third kappa shape index (κ3) is 7.35. The van der Waals surface area contributed by atoms with Crippen molar-refractivity contribution in [1.82, 2.24) is 4.90 Å². The minimum Gasteiger partial charge on any atom is -0.298 e. The van der Waals surface area contributed by atoms with Gasteiger partial charge in [-0.3, -0.25) is 4.90 Å². The van der Waals surface area contributed by atoms with Crippen LogP contribution in [0.15, 0.2) is 121 Å². The summed E-state index contributed by atoms with van der Waals surface area (Å²) < 4.78 is 0. The minimum atomic E-state index is -0.381. The summed E-state index contributed by atoms with van der Waals surface area (Å²) >= 11 is 0. The van der Waals surface area contributed by atoms with Gasteiger partial charge in [-0.2, -0.15) is 0 Å². The van der Waals surface area contributed by atoms with Gasteiger partial charge in [-0.15, -0.1) is 0 Å². The van der Waals surface area contributed by atoms with Crippen molar-refractivity contribution in [3.63, 3.8) is 0 Å². The van der Waals surface area contributed by atoms with Gasteiger partial charge in [0.2, 0.25) is 0 Å². The number of hydrogen-bond donors (Lipinski definition) is 0. The van der Waals surface area contributed by atoms with Crippen LogP contribution in [0.1, 0.15) is 20.8 Å². The maximum Gasteiger partial charge on any atom is 0.0125 e. The molecule has 0 aromatic heterocycles. The Kier molecular flexibility index (Phi) is 9.28. The van der Waals surface area contributed by atoms with Crippen molar-refractivity contribution >= 4 is 37.1 Å². The largest absolute Gasteiger partial charge is 0.298 e. The highest BCUT2D eigenvalue weighted by atomic mass is 31.1. The standard InChI is InChI=1S/C32H37NP2/c1-32(2,3)33(24-26-34(28-16-8-4-9-17-28)29-18-10-5-11-19-29)25-27-35(30-20-12-6-13-21-30)31-22-14-7-15-23-31/h4-23H,24-27H2,1-3H3. The van der Waals surface area contributed by atoms with E-state index >= 15 is 0 Å². The van der Waals surface area contributed by atoms with Gasteiger partial charge in [0.25, 0.3) is 0 Å². The lowest BCUT2D eigenvalue weighted by Crippen LogP contribution is -2.45. The molecule has 0 aliphatic rings. The van der Waals surface area contributed by atoms with Crippen LogP contribution in [-0.4, -0.2) is 35.9 Å². The Morgan fingerprint density at radius 2 is 0.714 bits per heavy atom. The summed E-state index contributed by atoms with van der Waals surface area (Å²) in [6.45, 7) is 9.31. The molecule has 35 heavy (non-hydrogen) atoms. The Hall–Kier alpha value is -2.30. The number of nitrogens with zero attached hydrogens (tertiary/aromatic N) is 1. The molecule has 4 rings (SSSR count). The highest BCUT2D eigenvalue weighted by Crippen LogP contribution is 2.36. The Morgan fingerprint density at radius 1 is 0.457 bits per heavy atom. The molecule has 0 unspecified atom stereocenters. The monoisotopic (exact) mass is 497 g/mol. The Morgan fingerprint density at radius 3 is 0.943 bits per heavy atom. The molecule has 0 bridgehead atoms. The van der Waals surface area contributed by atoms with Crippen molar-refractivity contribution in [1.29, 1.82) is 0 Å². The summed E-state index contributed by atoms with van der Waals surface area (Å²) in [7, 11) is -0.761. The zero-order valence-corrected chi connectivity index (χ0v) is 23.0. The molecule has 0 heterocycles. The fraction of sp³-hybridized carbons (Fsp3) is 0.250. The molecule has 0 spiro atoms. The van der Waals surface area contributed by atoms with E-state index in [1.165, 1.54) is 33.5 Å². The third-order valence-corrected chi connectivity index (χ3v) is 11.4. The van der Waals surface area contributed by atoms with E-state index in [-0.39, 0.29) is 21.4 Å². The molecule has 0 amide bonds. The minimum absolute atomic E-state index is 0.128. The predicted octanol–water partition coefficient (Wildman–Crippen LogP) is 6.35. The number of hydrogen-bond acceptors (Lipinski definition) is 1. The first-order valence-electron chi connectivity index (χ1n) is 12.5. The molecule has 0 atom stereocenters. The highest BCUT2D eigenvalue weighted by Gasteiger charge is 2.25. The maximum absolute atomic E-state index is 2.72. The number of benzene rings is 4. The van der Waals surface area contributed by atoms with Gasteiger partial charge >= 0.3 is 0 Å². The molecular formula is C32H37NP2. The van der Waals surface area contributed by atoms with Gasteiger partial charge in [-0.1, -0.05) is 121 Å². The molecule has 0 fully saturated rings. The first-order chi connectivity index (χ1) is 17.0. The summed E-state index contributed by atoms with van der Waals surface area (Å²) in [4.78, 5) is 2.72. The second-order valence-electron chi connectivity index (χ2n) is 9.80. The molecule has 4 aromatic carbocycles. The lowest BCUT2D eigenvalue weighted by Gasteiger charge is -2.38. The summed E-state index contributed by atoms with van der Waals surface area (Å²) in [6, 6.07) is 44.4. The molecule has 0 aliphatic heterocycles. The average molecular weight is 498 g/mol. The lowest BCUT2D eigenvalue weighted by molar-refractivity contribution is 0.156. The Labute approximate surface area is 214 Å². The van der Waals surface area contributed by atoms with Crippen LogP contribution in [0.2, 0.25) is 0 Å². The number of rotatable bonds is 10. The van der Waals surface area contributed by atoms with Gasteiger partial charge in [0, 0.05) is 18.6 Å². The van der Waals surface area contributed by atoms with Crippen molar-refractivity contribution in [2.24, 2.45) is 0 Å². The van der Waals surface area contributed by atoms with Gasteiger partial charge in [-0.25, -0.2) is 0 Å². The highest BCUT2D eigenvalue weighted by molar-refractivity contribution is 7.73. The van der Waals surface area contributed by atoms with Crippen LogP contribution in [0.3, 0.4) is 0 Å². The van der Waals surface area contributed by atoms with E-state index < -0.39 is 0 Å². The first kappa shape index (κ1) is 25.8. The van der Waals surface area contributed by atoms with E-state index in [1.54, 1.807) is 0 Å². The van der Waals surface area contributed by atoms with Gasteiger partial charge < -0.3 is 0 Å². The van der Waals surface area contributed by atoms with Gasteiger partial charge in [0.15, 0.2) is 0 Å². The molecule has 0 radical (unpaired) electrons. The SMILES string of the molecule is CC(C)(C)N(CCP(c1ccccc1)c1ccccc1)CCP(c1ccccc1)c1ccccc1. The summed E-state index contributed by atoms with van der Waals surface area (Å²) in [5.74, 6) is 0. The summed E-state index contributed by atoms with van der Waals surface area (Å²) in [5.41, 5.74) is 0.128. The summed E-state index contributed by atoms with van der Waals surface area (Å²) in [5, 5.41) is 5.88. The van der Waals surface area contributed by atoms with E-state index in [4.69, 9.17) is 0 Å².